The summed E-state index contributed by atoms with van der Waals surface area (Å²) in [6, 6.07) is 11.2. The van der Waals surface area contributed by atoms with E-state index in [9.17, 15) is 4.79 Å². The molecule has 0 aliphatic carbocycles. The Labute approximate surface area is 141 Å². The Kier molecular flexibility index (Phi) is 4.60. The zero-order valence-electron chi connectivity index (χ0n) is 14.1. The topological polar surface area (TPSA) is 56.8 Å². The molecule has 1 atom stereocenters. The third-order valence-electron chi connectivity index (χ3n) is 3.81. The lowest BCUT2D eigenvalue weighted by Crippen LogP contribution is -2.30. The molecule has 5 heteroatoms. The van der Waals surface area contributed by atoms with Gasteiger partial charge in [-0.05, 0) is 44.5 Å². The summed E-state index contributed by atoms with van der Waals surface area (Å²) in [6.07, 6.45) is -0.611. The zero-order chi connectivity index (χ0) is 17.1. The minimum absolute atomic E-state index is 0.216. The van der Waals surface area contributed by atoms with Crippen molar-refractivity contribution in [2.45, 2.75) is 26.9 Å². The first-order valence-corrected chi connectivity index (χ1v) is 7.97. The van der Waals surface area contributed by atoms with Crippen molar-refractivity contribution in [2.24, 2.45) is 0 Å². The number of ether oxygens (including phenoxy) is 3. The quantitative estimate of drug-likeness (QED) is 0.934. The highest BCUT2D eigenvalue weighted by atomic mass is 16.6. The van der Waals surface area contributed by atoms with Crippen LogP contribution in [0.15, 0.2) is 36.4 Å². The van der Waals surface area contributed by atoms with E-state index in [2.05, 4.69) is 5.32 Å². The van der Waals surface area contributed by atoms with Crippen LogP contribution in [0.1, 0.15) is 18.1 Å². The summed E-state index contributed by atoms with van der Waals surface area (Å²) in [6.45, 7) is 6.77. The molecule has 1 heterocycles. The second kappa shape index (κ2) is 6.83. The Morgan fingerprint density at radius 3 is 2.58 bits per heavy atom. The Morgan fingerprint density at radius 1 is 1.08 bits per heavy atom. The molecule has 0 spiro atoms. The first-order valence-electron chi connectivity index (χ1n) is 7.97. The van der Waals surface area contributed by atoms with E-state index in [1.165, 1.54) is 0 Å². The molecule has 0 aromatic heterocycles. The molecule has 5 nitrogen and oxygen atoms in total. The summed E-state index contributed by atoms with van der Waals surface area (Å²) < 4.78 is 16.8. The van der Waals surface area contributed by atoms with E-state index in [1.54, 1.807) is 25.1 Å². The van der Waals surface area contributed by atoms with Crippen molar-refractivity contribution in [1.29, 1.82) is 0 Å². The number of amides is 1. The number of aryl methyl sites for hydroxylation is 2. The van der Waals surface area contributed by atoms with Crippen LogP contribution in [0, 0.1) is 13.8 Å². The van der Waals surface area contributed by atoms with Gasteiger partial charge >= 0.3 is 0 Å². The fraction of sp³-hybridized carbons (Fsp3) is 0.316. The van der Waals surface area contributed by atoms with Gasteiger partial charge in [0.1, 0.15) is 19.0 Å². The molecule has 2 aromatic carbocycles. The third kappa shape index (κ3) is 3.62. The van der Waals surface area contributed by atoms with Gasteiger partial charge in [0, 0.05) is 11.8 Å². The van der Waals surface area contributed by atoms with Crippen LogP contribution in [0.3, 0.4) is 0 Å². The molecule has 0 saturated carbocycles. The second-order valence-corrected chi connectivity index (χ2v) is 5.88. The molecular weight excluding hydrogens is 306 g/mol. The second-order valence-electron chi connectivity index (χ2n) is 5.88. The molecule has 0 radical (unpaired) electrons. The number of carbonyl (C=O) groups excluding carboxylic acids is 1. The van der Waals surface area contributed by atoms with Crippen molar-refractivity contribution < 1.29 is 19.0 Å². The zero-order valence-corrected chi connectivity index (χ0v) is 14.1. The lowest BCUT2D eigenvalue weighted by Gasteiger charge is -2.20. The van der Waals surface area contributed by atoms with Crippen molar-refractivity contribution >= 4 is 11.6 Å². The average molecular weight is 327 g/mol. The number of rotatable bonds is 4. The highest BCUT2D eigenvalue weighted by Crippen LogP contribution is 2.32. The lowest BCUT2D eigenvalue weighted by atomic mass is 10.1. The Morgan fingerprint density at radius 2 is 1.83 bits per heavy atom. The minimum Gasteiger partial charge on any atom is -0.486 e. The van der Waals surface area contributed by atoms with E-state index < -0.39 is 6.10 Å². The number of hydrogen-bond acceptors (Lipinski definition) is 4. The summed E-state index contributed by atoms with van der Waals surface area (Å²) in [5.74, 6) is 1.83. The van der Waals surface area contributed by atoms with Crippen LogP contribution in [0.2, 0.25) is 0 Å². The molecule has 0 fully saturated rings. The van der Waals surface area contributed by atoms with Crippen LogP contribution >= 0.6 is 0 Å². The molecular formula is C19H21NO4. The molecule has 3 rings (SSSR count). The minimum atomic E-state index is -0.611. The smallest absolute Gasteiger partial charge is 0.265 e. The van der Waals surface area contributed by atoms with E-state index in [0.717, 1.165) is 11.1 Å². The molecule has 126 valence electrons. The number of hydrogen-bond donors (Lipinski definition) is 1. The normalized spacial score (nSPS) is 14.0. The highest BCUT2D eigenvalue weighted by Gasteiger charge is 2.18. The van der Waals surface area contributed by atoms with Gasteiger partial charge in [-0.15, -0.1) is 0 Å². The number of nitrogens with one attached hydrogen (secondary N) is 1. The predicted molar refractivity (Wildman–Crippen MR) is 92.1 cm³/mol. The van der Waals surface area contributed by atoms with Gasteiger partial charge in [-0.3, -0.25) is 4.79 Å². The molecule has 0 bridgehead atoms. The maximum Gasteiger partial charge on any atom is 0.265 e. The summed E-state index contributed by atoms with van der Waals surface area (Å²) >= 11 is 0. The predicted octanol–water partition coefficient (Wildman–Crippen LogP) is 3.48. The van der Waals surface area contributed by atoms with Gasteiger partial charge in [0.25, 0.3) is 5.91 Å². The van der Waals surface area contributed by atoms with E-state index in [4.69, 9.17) is 14.2 Å². The molecule has 1 amide bonds. The molecule has 0 saturated heterocycles. The first kappa shape index (κ1) is 16.2. The van der Waals surface area contributed by atoms with Crippen molar-refractivity contribution in [3.8, 4) is 17.2 Å². The number of fused-ring (bicyclic) bond motifs is 1. The lowest BCUT2D eigenvalue weighted by molar-refractivity contribution is -0.122. The van der Waals surface area contributed by atoms with Gasteiger partial charge in [0.15, 0.2) is 17.6 Å². The van der Waals surface area contributed by atoms with Crippen LogP contribution in [-0.2, 0) is 4.79 Å². The van der Waals surface area contributed by atoms with E-state index in [1.807, 2.05) is 32.0 Å². The van der Waals surface area contributed by atoms with Crippen LogP contribution in [-0.4, -0.2) is 25.2 Å². The van der Waals surface area contributed by atoms with E-state index >= 15 is 0 Å². The number of carbonyl (C=O) groups is 1. The third-order valence-corrected chi connectivity index (χ3v) is 3.81. The van der Waals surface area contributed by atoms with Gasteiger partial charge in [-0.2, -0.15) is 0 Å². The summed E-state index contributed by atoms with van der Waals surface area (Å²) in [7, 11) is 0. The van der Waals surface area contributed by atoms with Crippen LogP contribution in [0.4, 0.5) is 5.69 Å². The molecule has 1 aliphatic rings. The van der Waals surface area contributed by atoms with Gasteiger partial charge in [0.05, 0.1) is 0 Å². The van der Waals surface area contributed by atoms with Crippen molar-refractivity contribution in [1.82, 2.24) is 0 Å². The first-order chi connectivity index (χ1) is 11.5. The fourth-order valence-electron chi connectivity index (χ4n) is 2.54. The standard InChI is InChI=1S/C19H21NO4/c1-12-4-6-16(13(2)10-12)24-14(3)19(21)20-15-5-7-17-18(11-15)23-9-8-22-17/h4-7,10-11,14H,8-9H2,1-3H3,(H,20,21)/t14-/m1/s1. The maximum absolute atomic E-state index is 12.4. The van der Waals surface area contributed by atoms with Gasteiger partial charge in [-0.1, -0.05) is 17.7 Å². The summed E-state index contributed by atoms with van der Waals surface area (Å²) in [4.78, 5) is 12.4. The monoisotopic (exact) mass is 327 g/mol. The van der Waals surface area contributed by atoms with Crippen LogP contribution in [0.5, 0.6) is 17.2 Å². The van der Waals surface area contributed by atoms with E-state index in [-0.39, 0.29) is 5.91 Å². The Balaban J connectivity index is 1.65. The SMILES string of the molecule is Cc1ccc(O[C@H](C)C(=O)Nc2ccc3c(c2)OCCO3)c(C)c1. The number of benzene rings is 2. The molecule has 2 aromatic rings. The maximum atomic E-state index is 12.4. The highest BCUT2D eigenvalue weighted by molar-refractivity contribution is 5.94. The number of anilines is 1. The molecule has 0 unspecified atom stereocenters. The van der Waals surface area contributed by atoms with Gasteiger partial charge in [-0.25, -0.2) is 0 Å². The van der Waals surface area contributed by atoms with Crippen LogP contribution in [0.25, 0.3) is 0 Å². The summed E-state index contributed by atoms with van der Waals surface area (Å²) in [5.41, 5.74) is 2.82. The molecule has 1 aliphatic heterocycles. The fourth-order valence-corrected chi connectivity index (χ4v) is 2.54. The summed E-state index contributed by atoms with van der Waals surface area (Å²) in [5, 5.41) is 2.84. The average Bonchev–Trinajstić information content (AvgIpc) is 2.57. The van der Waals surface area contributed by atoms with E-state index in [0.29, 0.717) is 36.1 Å². The van der Waals surface area contributed by atoms with Crippen molar-refractivity contribution in [2.75, 3.05) is 18.5 Å². The molecule has 1 N–H and O–H groups in total. The van der Waals surface area contributed by atoms with Gasteiger partial charge < -0.3 is 19.5 Å². The van der Waals surface area contributed by atoms with Crippen molar-refractivity contribution in [3.63, 3.8) is 0 Å². The largest absolute Gasteiger partial charge is 0.486 e. The van der Waals surface area contributed by atoms with Crippen molar-refractivity contribution in [3.05, 3.63) is 47.5 Å². The Hall–Kier alpha value is -2.69. The van der Waals surface area contributed by atoms with Crippen LogP contribution < -0.4 is 19.5 Å². The van der Waals surface area contributed by atoms with Gasteiger partial charge in [0.2, 0.25) is 0 Å². The molecule has 24 heavy (non-hydrogen) atoms. The Bertz CT molecular complexity index is 757.